The Morgan fingerprint density at radius 3 is 2.26 bits per heavy atom. The molecular weight excluding hydrogens is 437 g/mol. The molecule has 0 bridgehead atoms. The van der Waals surface area contributed by atoms with Crippen molar-refractivity contribution in [1.82, 2.24) is 4.90 Å². The third kappa shape index (κ3) is 3.69. The molecule has 7 nitrogen and oxygen atoms in total. The first-order chi connectivity index (χ1) is 16.4. The molecule has 34 heavy (non-hydrogen) atoms. The first kappa shape index (κ1) is 21.4. The number of hydrogen-bond acceptors (Lipinski definition) is 6. The summed E-state index contributed by atoms with van der Waals surface area (Å²) in [6.45, 7) is 0.881. The summed E-state index contributed by atoms with van der Waals surface area (Å²) >= 11 is 0. The van der Waals surface area contributed by atoms with Gasteiger partial charge in [-0.25, -0.2) is 4.39 Å². The Hall–Kier alpha value is -4.46. The van der Waals surface area contributed by atoms with Gasteiger partial charge in [0.2, 0.25) is 0 Å². The van der Waals surface area contributed by atoms with Gasteiger partial charge in [0, 0.05) is 30.4 Å². The van der Waals surface area contributed by atoms with Crippen LogP contribution in [0.25, 0.3) is 22.3 Å². The number of hydrogen-bond donors (Lipinski definition) is 2. The molecule has 8 heteroatoms. The fourth-order valence-corrected chi connectivity index (χ4v) is 4.06. The standard InChI is InChI=1S/C26H20FN3O4/c27-19-10-11-21-23(24(19)28)20(31)14-22(34-21)15-6-8-16(9-7-15)29-12-3-13-30-25(32)17-4-1-2-5-18(17)26(30)33/h1-2,4-11,14,29H,3,12-13,28H2. The van der Waals surface area contributed by atoms with E-state index in [1.807, 2.05) is 12.1 Å². The molecule has 0 radical (unpaired) electrons. The van der Waals surface area contributed by atoms with Crippen molar-refractivity contribution in [3.63, 3.8) is 0 Å². The number of rotatable bonds is 6. The summed E-state index contributed by atoms with van der Waals surface area (Å²) in [5.41, 5.74) is 7.67. The fourth-order valence-electron chi connectivity index (χ4n) is 4.06. The van der Waals surface area contributed by atoms with E-state index in [9.17, 15) is 18.8 Å². The fraction of sp³-hybridized carbons (Fsp3) is 0.115. The summed E-state index contributed by atoms with van der Waals surface area (Å²) in [7, 11) is 0. The number of benzene rings is 3. The molecule has 3 N–H and O–H groups in total. The van der Waals surface area contributed by atoms with Crippen molar-refractivity contribution in [1.29, 1.82) is 0 Å². The minimum Gasteiger partial charge on any atom is -0.456 e. The predicted octanol–water partition coefficient (Wildman–Crippen LogP) is 4.28. The molecule has 5 rings (SSSR count). The lowest BCUT2D eigenvalue weighted by Crippen LogP contribution is -2.31. The number of nitrogens with one attached hydrogen (secondary N) is 1. The molecule has 0 unspecified atom stereocenters. The molecule has 1 aliphatic rings. The Bertz CT molecular complexity index is 1460. The van der Waals surface area contributed by atoms with E-state index in [0.29, 0.717) is 42.0 Å². The Morgan fingerprint density at radius 1 is 0.912 bits per heavy atom. The zero-order valence-corrected chi connectivity index (χ0v) is 18.0. The lowest BCUT2D eigenvalue weighted by atomic mass is 10.1. The molecule has 4 aromatic rings. The number of nitrogens with zero attached hydrogens (tertiary/aromatic N) is 1. The molecule has 1 aliphatic heterocycles. The van der Waals surface area contributed by atoms with E-state index in [4.69, 9.17) is 10.2 Å². The van der Waals surface area contributed by atoms with Crippen LogP contribution in [0.4, 0.5) is 15.8 Å². The summed E-state index contributed by atoms with van der Waals surface area (Å²) in [5.74, 6) is -0.829. The highest BCUT2D eigenvalue weighted by Gasteiger charge is 2.34. The highest BCUT2D eigenvalue weighted by atomic mass is 19.1. The monoisotopic (exact) mass is 457 g/mol. The second kappa shape index (κ2) is 8.47. The zero-order chi connectivity index (χ0) is 23.8. The molecule has 1 aromatic heterocycles. The molecule has 3 aromatic carbocycles. The minimum atomic E-state index is -0.661. The summed E-state index contributed by atoms with van der Waals surface area (Å²) < 4.78 is 19.4. The summed E-state index contributed by atoms with van der Waals surface area (Å²) in [6, 6.07) is 17.9. The van der Waals surface area contributed by atoms with Gasteiger partial charge in [-0.05, 0) is 55.0 Å². The first-order valence-electron chi connectivity index (χ1n) is 10.8. The van der Waals surface area contributed by atoms with Gasteiger partial charge < -0.3 is 15.5 Å². The van der Waals surface area contributed by atoms with Crippen molar-refractivity contribution in [3.05, 3.63) is 93.9 Å². The van der Waals surface area contributed by atoms with Crippen LogP contribution in [0.3, 0.4) is 0 Å². The van der Waals surface area contributed by atoms with Gasteiger partial charge >= 0.3 is 0 Å². The number of carbonyl (C=O) groups excluding carboxylic acids is 2. The molecule has 0 spiro atoms. The molecule has 2 amide bonds. The van der Waals surface area contributed by atoms with Crippen LogP contribution in [0.2, 0.25) is 0 Å². The summed E-state index contributed by atoms with van der Waals surface area (Å²) in [6.07, 6.45) is 0.588. The van der Waals surface area contributed by atoms with Crippen molar-refractivity contribution in [3.8, 4) is 11.3 Å². The molecule has 0 atom stereocenters. The van der Waals surface area contributed by atoms with E-state index in [2.05, 4.69) is 5.32 Å². The van der Waals surface area contributed by atoms with Crippen molar-refractivity contribution < 1.29 is 18.4 Å². The third-order valence-corrected chi connectivity index (χ3v) is 5.82. The molecule has 0 saturated carbocycles. The lowest BCUT2D eigenvalue weighted by Gasteiger charge is -2.14. The van der Waals surface area contributed by atoms with Gasteiger partial charge in [-0.15, -0.1) is 0 Å². The Morgan fingerprint density at radius 2 is 1.59 bits per heavy atom. The number of nitrogens with two attached hydrogens (primary N) is 1. The maximum absolute atomic E-state index is 13.7. The molecule has 2 heterocycles. The number of carbonyl (C=O) groups is 2. The number of nitrogen functional groups attached to an aromatic ring is 1. The predicted molar refractivity (Wildman–Crippen MR) is 127 cm³/mol. The molecule has 0 fully saturated rings. The SMILES string of the molecule is Nc1c(F)ccc2oc(-c3ccc(NCCCN4C(=O)c5ccccc5C4=O)cc3)cc(=O)c12. The molecule has 170 valence electrons. The average Bonchev–Trinajstić information content (AvgIpc) is 3.09. The van der Waals surface area contributed by atoms with Crippen LogP contribution in [0.15, 0.2) is 75.9 Å². The highest BCUT2D eigenvalue weighted by molar-refractivity contribution is 6.21. The van der Waals surface area contributed by atoms with Gasteiger partial charge in [-0.2, -0.15) is 0 Å². The van der Waals surface area contributed by atoms with E-state index >= 15 is 0 Å². The van der Waals surface area contributed by atoms with Gasteiger partial charge in [0.05, 0.1) is 22.2 Å². The molecule has 0 aliphatic carbocycles. The van der Waals surface area contributed by atoms with E-state index in [1.165, 1.54) is 23.1 Å². The number of anilines is 2. The molecule has 0 saturated heterocycles. The normalized spacial score (nSPS) is 12.9. The van der Waals surface area contributed by atoms with Gasteiger partial charge in [0.15, 0.2) is 5.43 Å². The van der Waals surface area contributed by atoms with Crippen molar-refractivity contribution >= 4 is 34.2 Å². The van der Waals surface area contributed by atoms with Crippen LogP contribution in [0, 0.1) is 5.82 Å². The number of amides is 2. The van der Waals surface area contributed by atoms with Gasteiger partial charge in [0.25, 0.3) is 11.8 Å². The van der Waals surface area contributed by atoms with Crippen molar-refractivity contribution in [2.45, 2.75) is 6.42 Å². The quantitative estimate of drug-likeness (QED) is 0.254. The van der Waals surface area contributed by atoms with E-state index in [-0.39, 0.29) is 28.5 Å². The van der Waals surface area contributed by atoms with Crippen molar-refractivity contribution in [2.24, 2.45) is 0 Å². The average molecular weight is 457 g/mol. The van der Waals surface area contributed by atoms with Crippen LogP contribution >= 0.6 is 0 Å². The Labute approximate surface area is 193 Å². The number of fused-ring (bicyclic) bond motifs is 2. The summed E-state index contributed by atoms with van der Waals surface area (Å²) in [5, 5.41) is 3.28. The number of halogens is 1. The minimum absolute atomic E-state index is 0.0279. The van der Waals surface area contributed by atoms with E-state index < -0.39 is 11.2 Å². The van der Waals surface area contributed by atoms with Gasteiger partial charge in [-0.1, -0.05) is 12.1 Å². The third-order valence-electron chi connectivity index (χ3n) is 5.82. The smallest absolute Gasteiger partial charge is 0.261 e. The lowest BCUT2D eigenvalue weighted by molar-refractivity contribution is 0.0654. The first-order valence-corrected chi connectivity index (χ1v) is 10.8. The zero-order valence-electron chi connectivity index (χ0n) is 18.0. The van der Waals surface area contributed by atoms with Gasteiger partial charge in [-0.3, -0.25) is 19.3 Å². The largest absolute Gasteiger partial charge is 0.456 e. The van der Waals surface area contributed by atoms with E-state index in [1.54, 1.807) is 36.4 Å². The van der Waals surface area contributed by atoms with Gasteiger partial charge in [0.1, 0.15) is 17.2 Å². The molecular formula is C26H20FN3O4. The maximum atomic E-state index is 13.7. The van der Waals surface area contributed by atoms with Crippen LogP contribution in [-0.2, 0) is 0 Å². The Kier molecular flexibility index (Phi) is 5.33. The van der Waals surface area contributed by atoms with Crippen LogP contribution < -0.4 is 16.5 Å². The number of imide groups is 1. The maximum Gasteiger partial charge on any atom is 0.261 e. The van der Waals surface area contributed by atoms with Crippen LogP contribution in [-0.4, -0.2) is 29.8 Å². The second-order valence-corrected chi connectivity index (χ2v) is 7.97. The van der Waals surface area contributed by atoms with Crippen molar-refractivity contribution in [2.75, 3.05) is 24.1 Å². The second-order valence-electron chi connectivity index (χ2n) is 7.97. The van der Waals surface area contributed by atoms with E-state index in [0.717, 1.165) is 5.69 Å². The Balaban J connectivity index is 1.22. The topological polar surface area (TPSA) is 106 Å². The van der Waals surface area contributed by atoms with Crippen LogP contribution in [0.1, 0.15) is 27.1 Å². The summed E-state index contributed by atoms with van der Waals surface area (Å²) in [4.78, 5) is 38.5. The highest BCUT2D eigenvalue weighted by Crippen LogP contribution is 2.27. The van der Waals surface area contributed by atoms with Crippen LogP contribution in [0.5, 0.6) is 0 Å².